The van der Waals surface area contributed by atoms with Crippen LogP contribution in [-0.4, -0.2) is 9.90 Å². The lowest BCUT2D eigenvalue weighted by Gasteiger charge is -2.30. The van der Waals surface area contributed by atoms with Crippen molar-refractivity contribution in [3.05, 3.63) is 33.2 Å². The molecule has 0 atom stereocenters. The first-order valence-corrected chi connectivity index (χ1v) is 7.41. The van der Waals surface area contributed by atoms with Crippen molar-refractivity contribution in [1.29, 1.82) is 0 Å². The van der Waals surface area contributed by atoms with Gasteiger partial charge in [0.15, 0.2) is 0 Å². The van der Waals surface area contributed by atoms with E-state index in [1.165, 1.54) is 0 Å². The molecule has 0 spiro atoms. The van der Waals surface area contributed by atoms with E-state index in [-0.39, 0.29) is 11.0 Å². The summed E-state index contributed by atoms with van der Waals surface area (Å²) in [6.45, 7) is 5.12. The minimum absolute atomic E-state index is 0.0507. The van der Waals surface area contributed by atoms with Crippen molar-refractivity contribution in [2.45, 2.75) is 33.2 Å². The van der Waals surface area contributed by atoms with Crippen molar-refractivity contribution in [2.24, 2.45) is 5.41 Å². The van der Waals surface area contributed by atoms with Gasteiger partial charge >= 0.3 is 0 Å². The van der Waals surface area contributed by atoms with Crippen LogP contribution in [0.5, 0.6) is 0 Å². The van der Waals surface area contributed by atoms with Crippen molar-refractivity contribution in [1.82, 2.24) is 4.57 Å². The van der Waals surface area contributed by atoms with Gasteiger partial charge in [-0.3, -0.25) is 4.79 Å². The van der Waals surface area contributed by atoms with Gasteiger partial charge in [0.05, 0.1) is 4.47 Å². The maximum atomic E-state index is 11.9. The van der Waals surface area contributed by atoms with Gasteiger partial charge in [0.1, 0.15) is 0 Å². The Morgan fingerprint density at radius 1 is 1.38 bits per heavy atom. The molecule has 90 valence electrons. The number of alkyl halides is 1. The standard InChI is InChI=1S/C12H17Br2NO/c1-3-12(4-2,8-13)9-15-7-5-6-10(14)11(15)16/h5-7H,3-4,8-9H2,1-2H3. The van der Waals surface area contributed by atoms with Gasteiger partial charge in [-0.25, -0.2) is 0 Å². The van der Waals surface area contributed by atoms with Gasteiger partial charge in [-0.2, -0.15) is 0 Å². The fourth-order valence-corrected chi connectivity index (χ4v) is 3.05. The van der Waals surface area contributed by atoms with E-state index in [2.05, 4.69) is 45.7 Å². The van der Waals surface area contributed by atoms with Crippen LogP contribution in [0.4, 0.5) is 0 Å². The highest BCUT2D eigenvalue weighted by atomic mass is 79.9. The summed E-state index contributed by atoms with van der Waals surface area (Å²) in [5.41, 5.74) is 0.222. The van der Waals surface area contributed by atoms with Crippen LogP contribution in [0.15, 0.2) is 27.6 Å². The Morgan fingerprint density at radius 3 is 2.50 bits per heavy atom. The fraction of sp³-hybridized carbons (Fsp3) is 0.583. The third-order valence-electron chi connectivity index (χ3n) is 3.26. The molecule has 0 fully saturated rings. The molecule has 16 heavy (non-hydrogen) atoms. The minimum atomic E-state index is 0.0507. The highest BCUT2D eigenvalue weighted by Crippen LogP contribution is 2.30. The lowest BCUT2D eigenvalue weighted by atomic mass is 9.84. The fourth-order valence-electron chi connectivity index (χ4n) is 1.70. The number of pyridine rings is 1. The molecule has 1 heterocycles. The zero-order valence-corrected chi connectivity index (χ0v) is 12.8. The van der Waals surface area contributed by atoms with Crippen molar-refractivity contribution in [3.8, 4) is 0 Å². The van der Waals surface area contributed by atoms with Crippen LogP contribution < -0.4 is 5.56 Å². The van der Waals surface area contributed by atoms with Crippen molar-refractivity contribution >= 4 is 31.9 Å². The molecule has 0 bridgehead atoms. The van der Waals surface area contributed by atoms with Crippen LogP contribution >= 0.6 is 31.9 Å². The number of rotatable bonds is 5. The number of halogens is 2. The molecule has 0 saturated heterocycles. The number of nitrogens with zero attached hydrogens (tertiary/aromatic N) is 1. The molecule has 0 saturated carbocycles. The van der Waals surface area contributed by atoms with E-state index in [1.807, 2.05) is 12.3 Å². The van der Waals surface area contributed by atoms with Gasteiger partial charge in [-0.1, -0.05) is 29.8 Å². The first-order chi connectivity index (χ1) is 7.58. The lowest BCUT2D eigenvalue weighted by Crippen LogP contribution is -2.32. The van der Waals surface area contributed by atoms with Crippen LogP contribution in [0.25, 0.3) is 0 Å². The van der Waals surface area contributed by atoms with Crippen LogP contribution in [-0.2, 0) is 6.54 Å². The second kappa shape index (κ2) is 6.01. The van der Waals surface area contributed by atoms with Gasteiger partial charge in [0.25, 0.3) is 5.56 Å². The van der Waals surface area contributed by atoms with Crippen molar-refractivity contribution in [2.75, 3.05) is 5.33 Å². The third-order valence-corrected chi connectivity index (χ3v) is 5.06. The summed E-state index contributed by atoms with van der Waals surface area (Å²) in [5.74, 6) is 0. The molecule has 0 aromatic carbocycles. The summed E-state index contributed by atoms with van der Waals surface area (Å²) in [4.78, 5) is 11.9. The van der Waals surface area contributed by atoms with Crippen LogP contribution in [0.1, 0.15) is 26.7 Å². The molecule has 1 aromatic heterocycles. The van der Waals surface area contributed by atoms with E-state index in [9.17, 15) is 4.79 Å². The van der Waals surface area contributed by atoms with Gasteiger partial charge in [-0.15, -0.1) is 0 Å². The van der Waals surface area contributed by atoms with E-state index in [1.54, 1.807) is 10.6 Å². The normalized spacial score (nSPS) is 11.8. The largest absolute Gasteiger partial charge is 0.314 e. The second-order valence-electron chi connectivity index (χ2n) is 4.13. The van der Waals surface area contributed by atoms with Gasteiger partial charge < -0.3 is 4.57 Å². The first kappa shape index (κ1) is 14.0. The molecule has 0 aliphatic rings. The highest BCUT2D eigenvalue weighted by Gasteiger charge is 2.25. The molecule has 1 rings (SSSR count). The molecular weight excluding hydrogens is 334 g/mol. The summed E-state index contributed by atoms with van der Waals surface area (Å²) in [5, 5.41) is 0.923. The smallest absolute Gasteiger partial charge is 0.264 e. The molecule has 0 amide bonds. The summed E-state index contributed by atoms with van der Waals surface area (Å²) >= 11 is 6.84. The lowest BCUT2D eigenvalue weighted by molar-refractivity contribution is 0.256. The van der Waals surface area contributed by atoms with E-state index in [0.717, 1.165) is 24.7 Å². The van der Waals surface area contributed by atoms with Crippen molar-refractivity contribution in [3.63, 3.8) is 0 Å². The molecule has 2 nitrogen and oxygen atoms in total. The first-order valence-electron chi connectivity index (χ1n) is 5.49. The Hall–Kier alpha value is -0.0900. The zero-order chi connectivity index (χ0) is 12.2. The zero-order valence-electron chi connectivity index (χ0n) is 9.67. The maximum Gasteiger partial charge on any atom is 0.264 e. The molecule has 0 radical (unpaired) electrons. The summed E-state index contributed by atoms with van der Waals surface area (Å²) < 4.78 is 2.42. The molecular formula is C12H17Br2NO. The van der Waals surface area contributed by atoms with Crippen LogP contribution in [0, 0.1) is 5.41 Å². The van der Waals surface area contributed by atoms with Crippen LogP contribution in [0.2, 0.25) is 0 Å². The Kier molecular flexibility index (Phi) is 5.25. The Labute approximate surface area is 113 Å². The SMILES string of the molecule is CCC(CC)(CBr)Cn1cccc(Br)c1=O. The number of hydrogen-bond donors (Lipinski definition) is 0. The number of aromatic nitrogens is 1. The molecule has 1 aromatic rings. The molecule has 4 heteroatoms. The average Bonchev–Trinajstić information content (AvgIpc) is 2.32. The molecule has 0 unspecified atom stereocenters. The third kappa shape index (κ3) is 2.98. The Morgan fingerprint density at radius 2 is 2.00 bits per heavy atom. The topological polar surface area (TPSA) is 22.0 Å². The van der Waals surface area contributed by atoms with Gasteiger partial charge in [0.2, 0.25) is 0 Å². The quantitative estimate of drug-likeness (QED) is 0.740. The predicted octanol–water partition coefficient (Wildman–Crippen LogP) is 3.81. The summed E-state index contributed by atoms with van der Waals surface area (Å²) in [6.07, 6.45) is 3.98. The average molecular weight is 351 g/mol. The molecule has 0 N–H and O–H groups in total. The van der Waals surface area contributed by atoms with Crippen molar-refractivity contribution < 1.29 is 0 Å². The van der Waals surface area contributed by atoms with E-state index in [0.29, 0.717) is 4.47 Å². The second-order valence-corrected chi connectivity index (χ2v) is 5.54. The highest BCUT2D eigenvalue weighted by molar-refractivity contribution is 9.10. The number of hydrogen-bond acceptors (Lipinski definition) is 1. The Bertz CT molecular complexity index is 388. The Balaban J connectivity index is 3.03. The monoisotopic (exact) mass is 349 g/mol. The maximum absolute atomic E-state index is 11.9. The van der Waals surface area contributed by atoms with Gasteiger partial charge in [0, 0.05) is 18.1 Å². The van der Waals surface area contributed by atoms with E-state index < -0.39 is 0 Å². The van der Waals surface area contributed by atoms with Gasteiger partial charge in [-0.05, 0) is 46.3 Å². The minimum Gasteiger partial charge on any atom is -0.314 e. The molecule has 0 aliphatic carbocycles. The van der Waals surface area contributed by atoms with Crippen LogP contribution in [0.3, 0.4) is 0 Å². The van der Waals surface area contributed by atoms with E-state index in [4.69, 9.17) is 0 Å². The molecule has 0 aliphatic heterocycles. The summed E-state index contributed by atoms with van der Waals surface area (Å²) in [6, 6.07) is 3.68. The predicted molar refractivity (Wildman–Crippen MR) is 75.2 cm³/mol. The summed E-state index contributed by atoms with van der Waals surface area (Å²) in [7, 11) is 0. The van der Waals surface area contributed by atoms with E-state index >= 15 is 0 Å².